The van der Waals surface area contributed by atoms with Crippen LogP contribution in [0.2, 0.25) is 0 Å². The Morgan fingerprint density at radius 3 is 2.35 bits per heavy atom. The molecule has 0 aliphatic rings. The highest BCUT2D eigenvalue weighted by Crippen LogP contribution is 2.05. The predicted octanol–water partition coefficient (Wildman–Crippen LogP) is 1.09. The number of nitrogens with one attached hydrogen (secondary N) is 2. The van der Waals surface area contributed by atoms with Gasteiger partial charge in [-0.2, -0.15) is 0 Å². The van der Waals surface area contributed by atoms with Crippen molar-refractivity contribution in [3.63, 3.8) is 0 Å². The van der Waals surface area contributed by atoms with E-state index < -0.39 is 0 Å². The molecule has 0 heterocycles. The lowest BCUT2D eigenvalue weighted by atomic mass is 10.1. The first-order valence-electron chi connectivity index (χ1n) is 5.24. The summed E-state index contributed by atoms with van der Waals surface area (Å²) in [5, 5.41) is 5.62. The average molecular weight is 259 g/mol. The van der Waals surface area contributed by atoms with Gasteiger partial charge in [-0.3, -0.25) is 4.79 Å². The van der Waals surface area contributed by atoms with Gasteiger partial charge >= 0.3 is 0 Å². The predicted molar refractivity (Wildman–Crippen MR) is 70.2 cm³/mol. The molecule has 4 nitrogen and oxygen atoms in total. The molecule has 1 amide bonds. The van der Waals surface area contributed by atoms with Crippen molar-refractivity contribution in [3.05, 3.63) is 35.4 Å². The zero-order valence-corrected chi connectivity index (χ0v) is 11.0. The molecule has 0 unspecified atom stereocenters. The van der Waals surface area contributed by atoms with Crippen LogP contribution in [0.5, 0.6) is 0 Å². The third-order valence-corrected chi connectivity index (χ3v) is 2.16. The van der Waals surface area contributed by atoms with E-state index in [1.165, 1.54) is 0 Å². The molecule has 0 spiro atoms. The molecule has 17 heavy (non-hydrogen) atoms. The summed E-state index contributed by atoms with van der Waals surface area (Å²) in [6, 6.07) is 7.99. The molecule has 0 atom stereocenters. The molecular weight excluding hydrogens is 240 g/mol. The van der Waals surface area contributed by atoms with Crippen LogP contribution in [-0.4, -0.2) is 26.6 Å². The van der Waals surface area contributed by atoms with Crippen LogP contribution in [0.3, 0.4) is 0 Å². The zero-order chi connectivity index (χ0) is 11.8. The maximum absolute atomic E-state index is 11.2. The Hall–Kier alpha value is -1.10. The Balaban J connectivity index is 0.00000256. The number of carbonyl (C=O) groups excluding carboxylic acids is 1. The summed E-state index contributed by atoms with van der Waals surface area (Å²) in [6.45, 7) is 1.53. The van der Waals surface area contributed by atoms with Crippen molar-refractivity contribution in [2.24, 2.45) is 0 Å². The molecule has 1 aromatic carbocycles. The van der Waals surface area contributed by atoms with Crippen LogP contribution in [0.1, 0.15) is 11.1 Å². The fraction of sp³-hybridized carbons (Fsp3) is 0.417. The molecule has 0 saturated heterocycles. The topological polar surface area (TPSA) is 50.4 Å². The lowest BCUT2D eigenvalue weighted by Crippen LogP contribution is -2.31. The number of likely N-dealkylation sites (N-methyl/N-ethyl adjacent to an activating group) is 1. The Labute approximate surface area is 108 Å². The Kier molecular flexibility index (Phi) is 8.40. The fourth-order valence-electron chi connectivity index (χ4n) is 1.34. The number of halogens is 1. The van der Waals surface area contributed by atoms with Gasteiger partial charge in [0.25, 0.3) is 0 Å². The number of rotatable bonds is 6. The van der Waals surface area contributed by atoms with Crippen molar-refractivity contribution < 1.29 is 9.53 Å². The van der Waals surface area contributed by atoms with Crippen LogP contribution >= 0.6 is 12.4 Å². The smallest absolute Gasteiger partial charge is 0.234 e. The summed E-state index contributed by atoms with van der Waals surface area (Å²) >= 11 is 0. The summed E-state index contributed by atoms with van der Waals surface area (Å²) in [4.78, 5) is 11.2. The maximum Gasteiger partial charge on any atom is 0.234 e. The second-order valence-electron chi connectivity index (χ2n) is 3.56. The highest BCUT2D eigenvalue weighted by molar-refractivity contribution is 5.85. The molecule has 1 aromatic rings. The van der Waals surface area contributed by atoms with Crippen molar-refractivity contribution in [1.29, 1.82) is 0 Å². The molecule has 0 saturated carbocycles. The molecule has 2 N–H and O–H groups in total. The molecule has 1 rings (SSSR count). The van der Waals surface area contributed by atoms with Crippen LogP contribution in [-0.2, 0) is 22.7 Å². The van der Waals surface area contributed by atoms with E-state index in [1.807, 2.05) is 24.3 Å². The summed E-state index contributed by atoms with van der Waals surface area (Å²) < 4.78 is 5.02. The van der Waals surface area contributed by atoms with Crippen LogP contribution in [0.15, 0.2) is 24.3 Å². The van der Waals surface area contributed by atoms with E-state index in [0.29, 0.717) is 19.7 Å². The van der Waals surface area contributed by atoms with E-state index in [0.717, 1.165) is 11.1 Å². The normalized spacial score (nSPS) is 9.53. The molecule has 0 aliphatic carbocycles. The third-order valence-electron chi connectivity index (χ3n) is 2.16. The molecule has 0 radical (unpaired) electrons. The molecular formula is C12H19ClN2O2. The highest BCUT2D eigenvalue weighted by Gasteiger charge is 1.99. The number of benzene rings is 1. The third kappa shape index (κ3) is 6.26. The van der Waals surface area contributed by atoms with Gasteiger partial charge in [-0.05, 0) is 18.2 Å². The Morgan fingerprint density at radius 1 is 1.24 bits per heavy atom. The molecule has 0 aromatic heterocycles. The summed E-state index contributed by atoms with van der Waals surface area (Å²) in [7, 11) is 3.42. The monoisotopic (exact) mass is 258 g/mol. The van der Waals surface area contributed by atoms with Crippen LogP contribution in [0, 0.1) is 0 Å². The van der Waals surface area contributed by atoms with Gasteiger partial charge in [0.05, 0.1) is 13.2 Å². The first-order valence-corrected chi connectivity index (χ1v) is 5.24. The van der Waals surface area contributed by atoms with Gasteiger partial charge in [0.1, 0.15) is 0 Å². The van der Waals surface area contributed by atoms with Crippen molar-refractivity contribution in [1.82, 2.24) is 10.6 Å². The van der Waals surface area contributed by atoms with Gasteiger partial charge in [-0.1, -0.05) is 24.3 Å². The van der Waals surface area contributed by atoms with Crippen LogP contribution in [0.4, 0.5) is 0 Å². The summed E-state index contributed by atoms with van der Waals surface area (Å²) in [5.74, 6) is 0.00321. The number of amides is 1. The zero-order valence-electron chi connectivity index (χ0n) is 10.2. The van der Waals surface area contributed by atoms with Crippen LogP contribution < -0.4 is 10.6 Å². The van der Waals surface area contributed by atoms with Gasteiger partial charge in [0.15, 0.2) is 0 Å². The minimum Gasteiger partial charge on any atom is -0.380 e. The maximum atomic E-state index is 11.2. The Bertz CT molecular complexity index is 328. The quantitative estimate of drug-likeness (QED) is 0.803. The lowest BCUT2D eigenvalue weighted by molar-refractivity contribution is -0.120. The van der Waals surface area contributed by atoms with Gasteiger partial charge in [-0.15, -0.1) is 12.4 Å². The van der Waals surface area contributed by atoms with Crippen molar-refractivity contribution >= 4 is 18.3 Å². The van der Waals surface area contributed by atoms with E-state index in [4.69, 9.17) is 4.74 Å². The summed E-state index contributed by atoms with van der Waals surface area (Å²) in [5.41, 5.74) is 2.22. The number of ether oxygens (including phenoxy) is 1. The van der Waals surface area contributed by atoms with Crippen LogP contribution in [0.25, 0.3) is 0 Å². The van der Waals surface area contributed by atoms with E-state index in [9.17, 15) is 4.79 Å². The first-order chi connectivity index (χ1) is 7.76. The molecule has 5 heteroatoms. The van der Waals surface area contributed by atoms with Gasteiger partial charge in [0.2, 0.25) is 5.91 Å². The minimum atomic E-state index is 0. The summed E-state index contributed by atoms with van der Waals surface area (Å²) in [6.07, 6.45) is 0. The van der Waals surface area contributed by atoms with E-state index >= 15 is 0 Å². The van der Waals surface area contributed by atoms with Gasteiger partial charge < -0.3 is 15.4 Å². The second kappa shape index (κ2) is 8.98. The highest BCUT2D eigenvalue weighted by atomic mass is 35.5. The molecule has 0 fully saturated rings. The Morgan fingerprint density at radius 2 is 1.82 bits per heavy atom. The minimum absolute atomic E-state index is 0. The molecule has 96 valence electrons. The average Bonchev–Trinajstić information content (AvgIpc) is 2.29. The molecule has 0 aliphatic heterocycles. The fourth-order valence-corrected chi connectivity index (χ4v) is 1.34. The van der Waals surface area contributed by atoms with E-state index in [-0.39, 0.29) is 18.3 Å². The van der Waals surface area contributed by atoms with Crippen molar-refractivity contribution in [3.8, 4) is 0 Å². The standard InChI is InChI=1S/C12H18N2O2.ClH/c1-13-8-12(15)14-7-10-3-5-11(6-4-10)9-16-2;/h3-6,13H,7-9H2,1-2H3,(H,14,15);1H. The SMILES string of the molecule is CNCC(=O)NCc1ccc(COC)cc1.Cl. The molecule has 0 bridgehead atoms. The lowest BCUT2D eigenvalue weighted by Gasteiger charge is -2.06. The first kappa shape index (κ1) is 15.9. The largest absolute Gasteiger partial charge is 0.380 e. The van der Waals surface area contributed by atoms with Gasteiger partial charge in [-0.25, -0.2) is 0 Å². The van der Waals surface area contributed by atoms with E-state index in [2.05, 4.69) is 10.6 Å². The number of hydrogen-bond acceptors (Lipinski definition) is 3. The second-order valence-corrected chi connectivity index (χ2v) is 3.56. The van der Waals surface area contributed by atoms with Crippen molar-refractivity contribution in [2.45, 2.75) is 13.2 Å². The van der Waals surface area contributed by atoms with E-state index in [1.54, 1.807) is 14.2 Å². The number of methoxy groups -OCH3 is 1. The van der Waals surface area contributed by atoms with Gasteiger partial charge in [0, 0.05) is 13.7 Å². The number of hydrogen-bond donors (Lipinski definition) is 2. The number of carbonyl (C=O) groups is 1. The van der Waals surface area contributed by atoms with Crippen molar-refractivity contribution in [2.75, 3.05) is 20.7 Å².